The van der Waals surface area contributed by atoms with E-state index in [-0.39, 0.29) is 11.2 Å². The maximum absolute atomic E-state index is 12.7. The summed E-state index contributed by atoms with van der Waals surface area (Å²) < 4.78 is 3.97. The second-order valence-electron chi connectivity index (χ2n) is 6.78. The third-order valence-corrected chi connectivity index (χ3v) is 4.88. The first-order valence-electron chi connectivity index (χ1n) is 7.44. The highest BCUT2D eigenvalue weighted by molar-refractivity contribution is 7.08. The van der Waals surface area contributed by atoms with Gasteiger partial charge in [-0.1, -0.05) is 55.9 Å². The first kappa shape index (κ1) is 14.4. The Balaban J connectivity index is 1.87. The lowest BCUT2D eigenvalue weighted by atomic mass is 9.80. The molecular weight excluding hydrogens is 280 g/mol. The average Bonchev–Trinajstić information content (AvgIpc) is 2.86. The molecule has 1 saturated carbocycles. The van der Waals surface area contributed by atoms with Crippen LogP contribution in [0.25, 0.3) is 0 Å². The molecule has 0 N–H and O–H groups in total. The summed E-state index contributed by atoms with van der Waals surface area (Å²) in [6.45, 7) is 6.17. The van der Waals surface area contributed by atoms with Crippen LogP contribution in [-0.2, 0) is 5.41 Å². The van der Waals surface area contributed by atoms with E-state index in [1.54, 1.807) is 0 Å². The zero-order valence-corrected chi connectivity index (χ0v) is 13.5. The lowest BCUT2D eigenvalue weighted by Crippen LogP contribution is -2.16. The fraction of sp³-hybridized carbons (Fsp3) is 0.471. The molecule has 0 aliphatic heterocycles. The second kappa shape index (κ2) is 5.34. The molecular formula is C17H20N2OS. The van der Waals surface area contributed by atoms with Crippen molar-refractivity contribution in [3.05, 3.63) is 46.0 Å². The van der Waals surface area contributed by atoms with E-state index < -0.39 is 0 Å². The second-order valence-corrected chi connectivity index (χ2v) is 7.53. The van der Waals surface area contributed by atoms with Gasteiger partial charge in [0.05, 0.1) is 5.69 Å². The fourth-order valence-electron chi connectivity index (χ4n) is 2.61. The molecule has 0 spiro atoms. The van der Waals surface area contributed by atoms with Crippen molar-refractivity contribution in [1.82, 2.24) is 9.59 Å². The summed E-state index contributed by atoms with van der Waals surface area (Å²) >= 11 is 1.19. The van der Waals surface area contributed by atoms with Gasteiger partial charge in [0, 0.05) is 11.0 Å². The molecule has 0 atom stereocenters. The molecule has 110 valence electrons. The Morgan fingerprint density at radius 1 is 1.19 bits per heavy atom. The summed E-state index contributed by atoms with van der Waals surface area (Å²) in [5.74, 6) is 0.736. The zero-order valence-electron chi connectivity index (χ0n) is 12.7. The minimum atomic E-state index is -0.163. The molecule has 3 nitrogen and oxygen atoms in total. The molecule has 0 radical (unpaired) electrons. The number of aromatic nitrogens is 2. The van der Waals surface area contributed by atoms with Crippen molar-refractivity contribution in [2.24, 2.45) is 0 Å². The SMILES string of the molecule is CC(C)(C)c1nnsc1C(=O)c1ccc(C2CCC2)cc1. The quantitative estimate of drug-likeness (QED) is 0.792. The monoisotopic (exact) mass is 300 g/mol. The highest BCUT2D eigenvalue weighted by Crippen LogP contribution is 2.36. The Hall–Kier alpha value is -1.55. The maximum Gasteiger partial charge on any atom is 0.206 e. The van der Waals surface area contributed by atoms with Crippen LogP contribution in [0.1, 0.15) is 72.4 Å². The van der Waals surface area contributed by atoms with Gasteiger partial charge in [-0.3, -0.25) is 4.79 Å². The molecule has 4 heteroatoms. The lowest BCUT2D eigenvalue weighted by Gasteiger charge is -2.25. The van der Waals surface area contributed by atoms with E-state index in [4.69, 9.17) is 0 Å². The Bertz CT molecular complexity index is 648. The van der Waals surface area contributed by atoms with E-state index >= 15 is 0 Å². The highest BCUT2D eigenvalue weighted by atomic mass is 32.1. The number of hydrogen-bond acceptors (Lipinski definition) is 4. The molecule has 21 heavy (non-hydrogen) atoms. The topological polar surface area (TPSA) is 42.9 Å². The summed E-state index contributed by atoms with van der Waals surface area (Å²) in [7, 11) is 0. The van der Waals surface area contributed by atoms with E-state index in [0.29, 0.717) is 10.8 Å². The molecule has 1 aromatic heterocycles. The molecule has 0 amide bonds. The predicted molar refractivity (Wildman–Crippen MR) is 85.1 cm³/mol. The van der Waals surface area contributed by atoms with Crippen LogP contribution in [0.2, 0.25) is 0 Å². The molecule has 1 aromatic carbocycles. The van der Waals surface area contributed by atoms with Gasteiger partial charge in [-0.15, -0.1) is 5.10 Å². The van der Waals surface area contributed by atoms with Crippen molar-refractivity contribution in [3.8, 4) is 0 Å². The maximum atomic E-state index is 12.7. The Labute approximate surface area is 129 Å². The molecule has 2 aromatic rings. The van der Waals surface area contributed by atoms with Crippen LogP contribution < -0.4 is 0 Å². The smallest absolute Gasteiger partial charge is 0.206 e. The molecule has 1 aliphatic carbocycles. The standard InChI is InChI=1S/C17H20N2OS/c1-17(2,3)16-15(21-19-18-16)14(20)13-9-7-12(8-10-13)11-5-4-6-11/h7-11H,4-6H2,1-3H3. The Morgan fingerprint density at radius 2 is 1.86 bits per heavy atom. The summed E-state index contributed by atoms with van der Waals surface area (Å²) in [5, 5.41) is 4.15. The van der Waals surface area contributed by atoms with Crippen LogP contribution in [0.5, 0.6) is 0 Å². The van der Waals surface area contributed by atoms with Crippen molar-refractivity contribution in [3.63, 3.8) is 0 Å². The number of hydrogen-bond donors (Lipinski definition) is 0. The van der Waals surface area contributed by atoms with E-state index in [2.05, 4.69) is 42.5 Å². The summed E-state index contributed by atoms with van der Waals surface area (Å²) in [6.07, 6.45) is 3.88. The Kier molecular flexibility index (Phi) is 3.66. The first-order valence-corrected chi connectivity index (χ1v) is 8.21. The van der Waals surface area contributed by atoms with E-state index in [9.17, 15) is 4.79 Å². The van der Waals surface area contributed by atoms with Gasteiger partial charge in [-0.05, 0) is 35.9 Å². The minimum Gasteiger partial charge on any atom is -0.288 e. The van der Waals surface area contributed by atoms with Crippen LogP contribution >= 0.6 is 11.5 Å². The van der Waals surface area contributed by atoms with Crippen molar-refractivity contribution in [2.45, 2.75) is 51.4 Å². The van der Waals surface area contributed by atoms with E-state index in [1.165, 1.54) is 36.4 Å². The van der Waals surface area contributed by atoms with Crippen LogP contribution in [0.4, 0.5) is 0 Å². The predicted octanol–water partition coefficient (Wildman–Crippen LogP) is 4.33. The normalized spacial score (nSPS) is 15.8. The van der Waals surface area contributed by atoms with Crippen LogP contribution in [0.15, 0.2) is 24.3 Å². The third kappa shape index (κ3) is 2.77. The van der Waals surface area contributed by atoms with Gasteiger partial charge < -0.3 is 0 Å². The van der Waals surface area contributed by atoms with E-state index in [1.807, 2.05) is 12.1 Å². The number of carbonyl (C=O) groups excluding carboxylic acids is 1. The van der Waals surface area contributed by atoms with Gasteiger partial charge in [-0.25, -0.2) is 0 Å². The minimum absolute atomic E-state index is 0.0371. The van der Waals surface area contributed by atoms with Crippen molar-refractivity contribution in [1.29, 1.82) is 0 Å². The van der Waals surface area contributed by atoms with Gasteiger partial charge >= 0.3 is 0 Å². The van der Waals surface area contributed by atoms with Crippen molar-refractivity contribution >= 4 is 17.3 Å². The zero-order chi connectivity index (χ0) is 15.0. The van der Waals surface area contributed by atoms with Gasteiger partial charge in [0.25, 0.3) is 0 Å². The molecule has 1 aliphatic rings. The van der Waals surface area contributed by atoms with Crippen LogP contribution in [0, 0.1) is 0 Å². The average molecular weight is 300 g/mol. The molecule has 0 bridgehead atoms. The van der Waals surface area contributed by atoms with Gasteiger partial charge in [0.1, 0.15) is 4.88 Å². The number of carbonyl (C=O) groups is 1. The van der Waals surface area contributed by atoms with Crippen LogP contribution in [-0.4, -0.2) is 15.4 Å². The van der Waals surface area contributed by atoms with Gasteiger partial charge in [0.2, 0.25) is 5.78 Å². The van der Waals surface area contributed by atoms with Crippen LogP contribution in [0.3, 0.4) is 0 Å². The van der Waals surface area contributed by atoms with Crippen molar-refractivity contribution in [2.75, 3.05) is 0 Å². The lowest BCUT2D eigenvalue weighted by molar-refractivity contribution is 0.104. The molecule has 1 fully saturated rings. The highest BCUT2D eigenvalue weighted by Gasteiger charge is 2.27. The summed E-state index contributed by atoms with van der Waals surface area (Å²) in [5.41, 5.74) is 2.72. The third-order valence-electron chi connectivity index (χ3n) is 4.15. The number of rotatable bonds is 3. The molecule has 0 saturated heterocycles. The van der Waals surface area contributed by atoms with E-state index in [0.717, 1.165) is 11.3 Å². The molecule has 1 heterocycles. The summed E-state index contributed by atoms with van der Waals surface area (Å²) in [6, 6.07) is 8.09. The van der Waals surface area contributed by atoms with Gasteiger partial charge in [-0.2, -0.15) is 0 Å². The largest absolute Gasteiger partial charge is 0.288 e. The molecule has 3 rings (SSSR count). The Morgan fingerprint density at radius 3 is 2.38 bits per heavy atom. The van der Waals surface area contributed by atoms with Crippen molar-refractivity contribution < 1.29 is 4.79 Å². The van der Waals surface area contributed by atoms with Gasteiger partial charge in [0.15, 0.2) is 0 Å². The number of nitrogens with zero attached hydrogens (tertiary/aromatic N) is 2. The number of ketones is 1. The molecule has 0 unspecified atom stereocenters. The fourth-order valence-corrected chi connectivity index (χ4v) is 3.45. The first-order chi connectivity index (χ1) is 9.97. The number of benzene rings is 1. The summed E-state index contributed by atoms with van der Waals surface area (Å²) in [4.78, 5) is 13.3.